The zero-order chi connectivity index (χ0) is 20.5. The van der Waals surface area contributed by atoms with Crippen molar-refractivity contribution in [2.45, 2.75) is 19.3 Å². The van der Waals surface area contributed by atoms with Crippen molar-refractivity contribution in [1.82, 2.24) is 9.80 Å². The number of aryl methyl sites for hydroxylation is 1. The third kappa shape index (κ3) is 6.61. The number of primary amides is 1. The van der Waals surface area contributed by atoms with Crippen LogP contribution in [0.3, 0.4) is 0 Å². The van der Waals surface area contributed by atoms with Gasteiger partial charge in [0, 0.05) is 25.2 Å². The first-order chi connectivity index (χ1) is 14.1. The number of hydrogen-bond donors (Lipinski definition) is 1. The van der Waals surface area contributed by atoms with E-state index in [1.165, 1.54) is 5.56 Å². The van der Waals surface area contributed by atoms with E-state index in [1.54, 1.807) is 24.3 Å². The Morgan fingerprint density at radius 3 is 2.59 bits per heavy atom. The number of carbonyl (C=O) groups is 2. The van der Waals surface area contributed by atoms with Gasteiger partial charge >= 0.3 is 0 Å². The molecule has 154 valence electrons. The molecule has 2 aromatic carbocycles. The number of carbonyl (C=O) groups excluding carboxylic acids is 2. The van der Waals surface area contributed by atoms with Gasteiger partial charge in [-0.25, -0.2) is 0 Å². The van der Waals surface area contributed by atoms with Crippen molar-refractivity contribution in [3.63, 3.8) is 0 Å². The fourth-order valence-corrected chi connectivity index (χ4v) is 3.57. The first-order valence-electron chi connectivity index (χ1n) is 10.2. The Hall–Kier alpha value is -2.86. The molecule has 0 saturated carbocycles. The maximum Gasteiger partial charge on any atom is 0.260 e. The number of benzene rings is 2. The minimum atomic E-state index is -0.512. The van der Waals surface area contributed by atoms with Crippen LogP contribution < -0.4 is 10.5 Å². The molecule has 6 nitrogen and oxygen atoms in total. The number of amides is 2. The topological polar surface area (TPSA) is 75.9 Å². The van der Waals surface area contributed by atoms with Gasteiger partial charge in [0.15, 0.2) is 6.61 Å². The lowest BCUT2D eigenvalue weighted by atomic mass is 10.1. The summed E-state index contributed by atoms with van der Waals surface area (Å²) >= 11 is 0. The SMILES string of the molecule is NC(=O)c1cccc(OCC(=O)N2CCCN(CCCc3ccccc3)CC2)c1. The molecular weight excluding hydrogens is 366 g/mol. The zero-order valence-corrected chi connectivity index (χ0v) is 16.8. The van der Waals surface area contributed by atoms with Crippen LogP contribution in [0.25, 0.3) is 0 Å². The molecule has 2 amide bonds. The monoisotopic (exact) mass is 395 g/mol. The standard InChI is InChI=1S/C23H29N3O3/c24-23(28)20-10-4-11-21(17-20)29-18-22(27)26-14-6-13-25(15-16-26)12-5-9-19-7-2-1-3-8-19/h1-4,7-8,10-11,17H,5-6,9,12-16,18H2,(H2,24,28). The average Bonchev–Trinajstić information content (AvgIpc) is 2.99. The van der Waals surface area contributed by atoms with Crippen LogP contribution in [0.1, 0.15) is 28.8 Å². The predicted molar refractivity (Wildman–Crippen MR) is 113 cm³/mol. The van der Waals surface area contributed by atoms with E-state index < -0.39 is 5.91 Å². The molecule has 0 spiro atoms. The highest BCUT2D eigenvalue weighted by atomic mass is 16.5. The van der Waals surface area contributed by atoms with Crippen molar-refractivity contribution in [3.8, 4) is 5.75 Å². The fraction of sp³-hybridized carbons (Fsp3) is 0.391. The molecule has 0 bridgehead atoms. The Balaban J connectivity index is 1.41. The molecular formula is C23H29N3O3. The van der Waals surface area contributed by atoms with Crippen molar-refractivity contribution < 1.29 is 14.3 Å². The van der Waals surface area contributed by atoms with Gasteiger partial charge in [-0.1, -0.05) is 36.4 Å². The van der Waals surface area contributed by atoms with Crippen LogP contribution in [0, 0.1) is 0 Å². The molecule has 1 fully saturated rings. The van der Waals surface area contributed by atoms with Crippen LogP contribution in [-0.4, -0.2) is 60.9 Å². The maximum atomic E-state index is 12.5. The minimum Gasteiger partial charge on any atom is -0.484 e. The predicted octanol–water partition coefficient (Wildman–Crippen LogP) is 2.33. The van der Waals surface area contributed by atoms with Gasteiger partial charge in [-0.05, 0) is 56.1 Å². The number of ether oxygens (including phenoxy) is 1. The summed E-state index contributed by atoms with van der Waals surface area (Å²) in [5.41, 5.74) is 7.02. The molecule has 1 aliphatic rings. The summed E-state index contributed by atoms with van der Waals surface area (Å²) in [7, 11) is 0. The van der Waals surface area contributed by atoms with Crippen molar-refractivity contribution in [1.29, 1.82) is 0 Å². The third-order valence-corrected chi connectivity index (χ3v) is 5.20. The quantitative estimate of drug-likeness (QED) is 0.744. The molecule has 3 rings (SSSR count). The Labute approximate surface area is 172 Å². The number of nitrogens with two attached hydrogens (primary N) is 1. The Bertz CT molecular complexity index is 810. The molecule has 0 unspecified atom stereocenters. The van der Waals surface area contributed by atoms with E-state index in [9.17, 15) is 9.59 Å². The molecule has 1 heterocycles. The van der Waals surface area contributed by atoms with E-state index >= 15 is 0 Å². The molecule has 0 radical (unpaired) electrons. The molecule has 2 aromatic rings. The Kier molecular flexibility index (Phi) is 7.64. The largest absolute Gasteiger partial charge is 0.484 e. The first kappa shape index (κ1) is 20.9. The Morgan fingerprint density at radius 2 is 1.79 bits per heavy atom. The van der Waals surface area contributed by atoms with E-state index in [4.69, 9.17) is 10.5 Å². The fourth-order valence-electron chi connectivity index (χ4n) is 3.57. The lowest BCUT2D eigenvalue weighted by Gasteiger charge is -2.22. The van der Waals surface area contributed by atoms with Gasteiger partial charge in [0.2, 0.25) is 5.91 Å². The molecule has 0 aliphatic carbocycles. The van der Waals surface area contributed by atoms with Gasteiger partial charge in [0.05, 0.1) is 0 Å². The summed E-state index contributed by atoms with van der Waals surface area (Å²) in [6.07, 6.45) is 3.17. The summed E-state index contributed by atoms with van der Waals surface area (Å²) in [6.45, 7) is 4.38. The third-order valence-electron chi connectivity index (χ3n) is 5.20. The normalized spacial score (nSPS) is 15.0. The van der Waals surface area contributed by atoms with Crippen molar-refractivity contribution in [3.05, 3.63) is 65.7 Å². The smallest absolute Gasteiger partial charge is 0.260 e. The number of hydrogen-bond acceptors (Lipinski definition) is 4. The summed E-state index contributed by atoms with van der Waals surface area (Å²) in [4.78, 5) is 28.1. The Morgan fingerprint density at radius 1 is 0.966 bits per heavy atom. The lowest BCUT2D eigenvalue weighted by molar-refractivity contribution is -0.133. The van der Waals surface area contributed by atoms with E-state index in [0.29, 0.717) is 11.3 Å². The number of rotatable bonds is 8. The van der Waals surface area contributed by atoms with Gasteiger partial charge in [0.25, 0.3) is 5.91 Å². The summed E-state index contributed by atoms with van der Waals surface area (Å²) in [5.74, 6) is -0.0609. The highest BCUT2D eigenvalue weighted by molar-refractivity contribution is 5.93. The van der Waals surface area contributed by atoms with E-state index in [0.717, 1.165) is 52.0 Å². The molecule has 6 heteroatoms. The van der Waals surface area contributed by atoms with Crippen LogP contribution >= 0.6 is 0 Å². The van der Waals surface area contributed by atoms with Gasteiger partial charge in [-0.2, -0.15) is 0 Å². The summed E-state index contributed by atoms with van der Waals surface area (Å²) in [5, 5.41) is 0. The van der Waals surface area contributed by atoms with Crippen LogP contribution in [0.5, 0.6) is 5.75 Å². The molecule has 29 heavy (non-hydrogen) atoms. The van der Waals surface area contributed by atoms with Crippen LogP contribution in [0.15, 0.2) is 54.6 Å². The highest BCUT2D eigenvalue weighted by Crippen LogP contribution is 2.13. The second kappa shape index (κ2) is 10.6. The molecule has 0 atom stereocenters. The molecule has 2 N–H and O–H groups in total. The van der Waals surface area contributed by atoms with Crippen molar-refractivity contribution in [2.24, 2.45) is 5.73 Å². The van der Waals surface area contributed by atoms with E-state index in [2.05, 4.69) is 29.2 Å². The average molecular weight is 396 g/mol. The van der Waals surface area contributed by atoms with Crippen molar-refractivity contribution in [2.75, 3.05) is 39.3 Å². The number of nitrogens with zero attached hydrogens (tertiary/aromatic N) is 2. The minimum absolute atomic E-state index is 0.0272. The second-order valence-electron chi connectivity index (χ2n) is 7.35. The lowest BCUT2D eigenvalue weighted by Crippen LogP contribution is -2.38. The zero-order valence-electron chi connectivity index (χ0n) is 16.8. The van der Waals surface area contributed by atoms with Gasteiger partial charge in [-0.15, -0.1) is 0 Å². The molecule has 1 saturated heterocycles. The van der Waals surface area contributed by atoms with E-state index in [-0.39, 0.29) is 12.5 Å². The van der Waals surface area contributed by atoms with Gasteiger partial charge in [-0.3, -0.25) is 9.59 Å². The molecule has 1 aliphatic heterocycles. The summed E-state index contributed by atoms with van der Waals surface area (Å²) < 4.78 is 5.58. The first-order valence-corrected chi connectivity index (χ1v) is 10.2. The van der Waals surface area contributed by atoms with Gasteiger partial charge in [0.1, 0.15) is 5.75 Å². The molecule has 0 aromatic heterocycles. The summed E-state index contributed by atoms with van der Waals surface area (Å²) in [6, 6.07) is 17.1. The van der Waals surface area contributed by atoms with Crippen molar-refractivity contribution >= 4 is 11.8 Å². The maximum absolute atomic E-state index is 12.5. The van der Waals surface area contributed by atoms with Crippen LogP contribution in [-0.2, 0) is 11.2 Å². The van der Waals surface area contributed by atoms with Crippen LogP contribution in [0.2, 0.25) is 0 Å². The van der Waals surface area contributed by atoms with Crippen LogP contribution in [0.4, 0.5) is 0 Å². The second-order valence-corrected chi connectivity index (χ2v) is 7.35. The van der Waals surface area contributed by atoms with E-state index in [1.807, 2.05) is 11.0 Å². The highest BCUT2D eigenvalue weighted by Gasteiger charge is 2.19. The van der Waals surface area contributed by atoms with Gasteiger partial charge < -0.3 is 20.3 Å².